The van der Waals surface area contributed by atoms with E-state index in [9.17, 15) is 5.11 Å². The zero-order chi connectivity index (χ0) is 50.8. The number of imidazole rings is 1. The molecule has 8 aromatic rings. The molecule has 2 aliphatic rings. The van der Waals surface area contributed by atoms with E-state index in [4.69, 9.17) is 14.1 Å². The Morgan fingerprint density at radius 3 is 1.94 bits per heavy atom. The van der Waals surface area contributed by atoms with Gasteiger partial charge in [0, 0.05) is 48.2 Å². The molecule has 2 aliphatic carbocycles. The number of rotatable bonds is 8. The standard InChI is InChI=1S/C65H70N3O.Pt/c1-43-24-26-44(27-25-43)46-30-35-66-56(39-46)48-36-47(37-50(38-48)63(5,6)7)52-22-19-23-58-59(52)67-61(68(58)57-29-28-49(62(2,3)4)40-53(57)45-20-13-10-14-21-45)54-41-51(64(8)31-15-11-16-32-64)42-55(60(54)69)65(9)33-17-12-18-34-65;/h10,13-14,19-30,35,37-42,69H,11-12,15-18,31-34H2,1-9H3;/q-1;/i1D3;. The third-order valence-electron chi connectivity index (χ3n) is 15.8. The molecule has 2 aromatic heterocycles. The van der Waals surface area contributed by atoms with Crippen LogP contribution >= 0.6 is 0 Å². The molecule has 1 N–H and O–H groups in total. The van der Waals surface area contributed by atoms with Crippen molar-refractivity contribution in [3.63, 3.8) is 0 Å². The number of aromatic hydroxyl groups is 1. The van der Waals surface area contributed by atoms with E-state index < -0.39 is 6.85 Å². The van der Waals surface area contributed by atoms with Crippen LogP contribution in [0, 0.1) is 12.9 Å². The van der Waals surface area contributed by atoms with Gasteiger partial charge in [-0.1, -0.05) is 196 Å². The Hall–Kier alpha value is -5.57. The molecule has 0 bridgehead atoms. The van der Waals surface area contributed by atoms with Gasteiger partial charge in [-0.3, -0.25) is 9.55 Å². The van der Waals surface area contributed by atoms with Crippen LogP contribution in [0.4, 0.5) is 0 Å². The molecular formula is C65H70N3OPt-. The van der Waals surface area contributed by atoms with Gasteiger partial charge in [0.25, 0.3) is 0 Å². The fraction of sp³-hybridized carbons (Fsp3) is 0.354. The first-order chi connectivity index (χ1) is 34.2. The van der Waals surface area contributed by atoms with E-state index >= 15 is 0 Å². The Kier molecular flexibility index (Phi) is 12.5. The second-order valence-electron chi connectivity index (χ2n) is 22.9. The summed E-state index contributed by atoms with van der Waals surface area (Å²) in [6.07, 6.45) is 13.4. The number of hydrogen-bond donors (Lipinski definition) is 1. The van der Waals surface area contributed by atoms with Crippen molar-refractivity contribution < 1.29 is 30.3 Å². The summed E-state index contributed by atoms with van der Waals surface area (Å²) >= 11 is 0. The SMILES string of the molecule is [2H]C([2H])([2H])c1ccc(-c2ccnc(-c3[c-]c(-c4cccc5c4nc(-c4cc(C6(C)CCCCC6)cc(C6(C)CCCCC6)c4O)n5-c4ccc(C(C)(C)C)cc4-c4ccccc4)cc(C(C)(C)C)c3)c2)cc1.[Pt]. The molecule has 0 spiro atoms. The molecule has 362 valence electrons. The summed E-state index contributed by atoms with van der Waals surface area (Å²) in [6, 6.07) is 48.2. The number of pyridine rings is 1. The van der Waals surface area contributed by atoms with E-state index in [-0.39, 0.29) is 42.7 Å². The van der Waals surface area contributed by atoms with E-state index in [0.717, 1.165) is 122 Å². The Labute approximate surface area is 436 Å². The predicted octanol–water partition coefficient (Wildman–Crippen LogP) is 17.6. The summed E-state index contributed by atoms with van der Waals surface area (Å²) < 4.78 is 26.0. The molecule has 2 saturated carbocycles. The average Bonchev–Trinajstić information content (AvgIpc) is 3.75. The number of benzene rings is 6. The molecule has 0 amide bonds. The number of hydrogen-bond acceptors (Lipinski definition) is 3. The van der Waals surface area contributed by atoms with E-state index in [0.29, 0.717) is 11.3 Å². The van der Waals surface area contributed by atoms with Gasteiger partial charge >= 0.3 is 0 Å². The number of aryl methyl sites for hydroxylation is 1. The number of phenolic OH excluding ortho intramolecular Hbond substituents is 1. The average molecular weight is 1110 g/mol. The van der Waals surface area contributed by atoms with Gasteiger partial charge in [0.2, 0.25) is 0 Å². The summed E-state index contributed by atoms with van der Waals surface area (Å²) in [5, 5.41) is 13.1. The number of para-hydroxylation sites is 1. The van der Waals surface area contributed by atoms with Crippen LogP contribution < -0.4 is 0 Å². The summed E-state index contributed by atoms with van der Waals surface area (Å²) in [4.78, 5) is 10.7. The Balaban J connectivity index is 0.00000656. The van der Waals surface area contributed by atoms with Crippen molar-refractivity contribution in [1.29, 1.82) is 0 Å². The molecule has 0 radical (unpaired) electrons. The van der Waals surface area contributed by atoms with Crippen LogP contribution in [0.1, 0.15) is 152 Å². The first kappa shape index (κ1) is 45.6. The van der Waals surface area contributed by atoms with E-state index in [2.05, 4.69) is 163 Å². The molecule has 10 rings (SSSR count). The summed E-state index contributed by atoms with van der Waals surface area (Å²) in [6.45, 7) is 16.2. The van der Waals surface area contributed by atoms with Crippen molar-refractivity contribution in [1.82, 2.24) is 14.5 Å². The van der Waals surface area contributed by atoms with Crippen LogP contribution in [-0.4, -0.2) is 19.6 Å². The van der Waals surface area contributed by atoms with Crippen LogP contribution in [0.2, 0.25) is 0 Å². The molecule has 70 heavy (non-hydrogen) atoms. The number of aromatic nitrogens is 3. The first-order valence-corrected chi connectivity index (χ1v) is 25.5. The zero-order valence-electron chi connectivity index (χ0n) is 45.4. The quantitative estimate of drug-likeness (QED) is 0.154. The van der Waals surface area contributed by atoms with Crippen molar-refractivity contribution in [3.05, 3.63) is 167 Å². The van der Waals surface area contributed by atoms with E-state index in [1.807, 2.05) is 24.4 Å². The molecule has 0 saturated heterocycles. The van der Waals surface area contributed by atoms with Gasteiger partial charge in [0.05, 0.1) is 22.3 Å². The molecule has 4 nitrogen and oxygen atoms in total. The fourth-order valence-electron chi connectivity index (χ4n) is 11.3. The smallest absolute Gasteiger partial charge is 0.148 e. The van der Waals surface area contributed by atoms with Crippen molar-refractivity contribution in [3.8, 4) is 67.5 Å². The van der Waals surface area contributed by atoms with Gasteiger partial charge in [-0.05, 0) is 112 Å². The molecule has 2 heterocycles. The van der Waals surface area contributed by atoms with Crippen molar-refractivity contribution in [2.75, 3.05) is 0 Å². The van der Waals surface area contributed by atoms with E-state index in [1.165, 1.54) is 36.8 Å². The van der Waals surface area contributed by atoms with Gasteiger partial charge < -0.3 is 5.11 Å². The minimum absolute atomic E-state index is 0. The zero-order valence-corrected chi connectivity index (χ0v) is 44.7. The van der Waals surface area contributed by atoms with Crippen LogP contribution in [0.15, 0.2) is 134 Å². The summed E-state index contributed by atoms with van der Waals surface area (Å²) in [5.41, 5.74) is 15.7. The summed E-state index contributed by atoms with van der Waals surface area (Å²) in [7, 11) is 0. The maximum atomic E-state index is 13.1. The molecule has 5 heteroatoms. The topological polar surface area (TPSA) is 50.9 Å². The van der Waals surface area contributed by atoms with Crippen LogP contribution in [0.5, 0.6) is 5.75 Å². The minimum Gasteiger partial charge on any atom is -0.507 e. The molecule has 0 unspecified atom stereocenters. The Morgan fingerprint density at radius 1 is 0.600 bits per heavy atom. The van der Waals surface area contributed by atoms with Gasteiger partial charge in [0.1, 0.15) is 11.6 Å². The molecule has 6 aromatic carbocycles. The van der Waals surface area contributed by atoms with Gasteiger partial charge in [-0.15, -0.1) is 29.3 Å². The van der Waals surface area contributed by atoms with Gasteiger partial charge in [-0.2, -0.15) is 0 Å². The van der Waals surface area contributed by atoms with Crippen molar-refractivity contribution in [2.24, 2.45) is 0 Å². The number of phenols is 1. The largest absolute Gasteiger partial charge is 0.507 e. The third kappa shape index (κ3) is 9.51. The van der Waals surface area contributed by atoms with Gasteiger partial charge in [0.15, 0.2) is 0 Å². The Morgan fingerprint density at radius 2 is 1.27 bits per heavy atom. The first-order valence-electron chi connectivity index (χ1n) is 27.0. The second kappa shape index (κ2) is 19.2. The number of fused-ring (bicyclic) bond motifs is 1. The van der Waals surface area contributed by atoms with E-state index in [1.54, 1.807) is 12.1 Å². The molecule has 0 aliphatic heterocycles. The second-order valence-corrected chi connectivity index (χ2v) is 22.9. The van der Waals surface area contributed by atoms with Crippen LogP contribution in [0.3, 0.4) is 0 Å². The minimum atomic E-state index is -2.17. The predicted molar refractivity (Wildman–Crippen MR) is 290 cm³/mol. The van der Waals surface area contributed by atoms with Crippen LogP contribution in [0.25, 0.3) is 72.7 Å². The monoisotopic (exact) mass is 1110 g/mol. The molecule has 2 fully saturated rings. The third-order valence-corrected chi connectivity index (χ3v) is 15.8. The maximum absolute atomic E-state index is 13.1. The number of nitrogens with zero attached hydrogens (tertiary/aromatic N) is 3. The van der Waals surface area contributed by atoms with Crippen molar-refractivity contribution >= 4 is 11.0 Å². The molecule has 0 atom stereocenters. The maximum Gasteiger partial charge on any atom is 0.148 e. The van der Waals surface area contributed by atoms with Crippen molar-refractivity contribution in [2.45, 2.75) is 148 Å². The normalized spacial score (nSPS) is 16.8. The van der Waals surface area contributed by atoms with Crippen LogP contribution in [-0.2, 0) is 42.7 Å². The molecular weight excluding hydrogens is 1030 g/mol. The summed E-state index contributed by atoms with van der Waals surface area (Å²) in [5.74, 6) is 1.07. The van der Waals surface area contributed by atoms with Gasteiger partial charge in [-0.25, -0.2) is 4.98 Å². The Bertz CT molecular complexity index is 3290. The fourth-order valence-corrected chi connectivity index (χ4v) is 11.3.